The number of hydrogen-bond donors (Lipinski definition) is 1. The van der Waals surface area contributed by atoms with Crippen molar-refractivity contribution in [3.05, 3.63) is 0 Å². The lowest BCUT2D eigenvalue weighted by molar-refractivity contribution is -0.242. The third-order valence-electron chi connectivity index (χ3n) is 17.8. The van der Waals surface area contributed by atoms with Crippen LogP contribution in [-0.2, 0) is 28.2 Å². The fraction of sp³-hybridized carbons (Fsp3) is 0.977. The third kappa shape index (κ3) is 5.57. The van der Waals surface area contributed by atoms with E-state index in [1.807, 2.05) is 0 Å². The minimum atomic E-state index is -2.05. The van der Waals surface area contributed by atoms with Gasteiger partial charge in [-0.1, -0.05) is 55.4 Å². The molecule has 14 atom stereocenters. The number of rotatable bonds is 10. The van der Waals surface area contributed by atoms with Crippen molar-refractivity contribution in [1.29, 1.82) is 0 Å². The third-order valence-corrected chi connectivity index (χ3v) is 22.4. The van der Waals surface area contributed by atoms with Crippen molar-refractivity contribution < 1.29 is 33.3 Å². The summed E-state index contributed by atoms with van der Waals surface area (Å²) in [7, 11) is -2.05. The molecule has 1 N–H and O–H groups in total. The average Bonchev–Trinajstić information content (AvgIpc) is 3.70. The highest BCUT2D eigenvalue weighted by Gasteiger charge is 2.85. The monoisotopic (exact) mass is 731 g/mol. The molecule has 51 heavy (non-hydrogen) atoms. The lowest BCUT2D eigenvalue weighted by Gasteiger charge is -2.64. The van der Waals surface area contributed by atoms with Crippen LogP contribution >= 0.6 is 0 Å². The molecule has 7 nitrogen and oxygen atoms in total. The molecule has 0 aromatic heterocycles. The highest BCUT2D eigenvalue weighted by atomic mass is 28.4. The van der Waals surface area contributed by atoms with Crippen LogP contribution in [0.15, 0.2) is 0 Å². The summed E-state index contributed by atoms with van der Waals surface area (Å²) in [5.41, 5.74) is -0.302. The Morgan fingerprint density at radius 1 is 0.941 bits per heavy atom. The zero-order valence-corrected chi connectivity index (χ0v) is 35.3. The van der Waals surface area contributed by atoms with Gasteiger partial charge in [0.2, 0.25) is 0 Å². The van der Waals surface area contributed by atoms with Gasteiger partial charge in [0.25, 0.3) is 0 Å². The van der Waals surface area contributed by atoms with E-state index < -0.39 is 20.0 Å². The molecule has 0 radical (unpaired) electrons. The van der Waals surface area contributed by atoms with Crippen molar-refractivity contribution in [1.82, 2.24) is 0 Å². The molecule has 7 rings (SSSR count). The number of carbonyl (C=O) groups excluding carboxylic acids is 1. The van der Waals surface area contributed by atoms with Crippen molar-refractivity contribution in [2.75, 3.05) is 6.61 Å². The Labute approximate surface area is 311 Å². The van der Waals surface area contributed by atoms with Crippen molar-refractivity contribution in [3.8, 4) is 0 Å². The number of ether oxygens (including phenoxy) is 4. The zero-order chi connectivity index (χ0) is 37.0. The first-order valence-corrected chi connectivity index (χ1v) is 23.9. The van der Waals surface area contributed by atoms with Gasteiger partial charge in [0.05, 0.1) is 30.0 Å². The van der Waals surface area contributed by atoms with Crippen molar-refractivity contribution in [2.24, 2.45) is 50.7 Å². The van der Waals surface area contributed by atoms with E-state index in [-0.39, 0.29) is 52.9 Å². The molecule has 0 aromatic carbocycles. The summed E-state index contributed by atoms with van der Waals surface area (Å²) < 4.78 is 34.1. The fourth-order valence-corrected chi connectivity index (χ4v) is 18.0. The van der Waals surface area contributed by atoms with E-state index in [1.54, 1.807) is 13.8 Å². The second-order valence-corrected chi connectivity index (χ2v) is 25.2. The maximum atomic E-state index is 12.4. The maximum Gasteiger partial charge on any atom is 0.303 e. The number of esters is 1. The molecule has 8 heteroatoms. The highest BCUT2D eigenvalue weighted by molar-refractivity contribution is 6.73. The standard InChI is InChI=1S/C43H74O7Si/c1-12-51(13-2,14-3)50-37-35-34(27(4)25-29(48-35)36(39(8,9)45)47-28(5)44)40(10)22-23-43-26-42(43)21-20-32(49-33-17-15-16-24-46-33)38(6,7)30(42)18-19-31(43)41(37,40)11/h27,29-37,45H,12-26H2,1-11H3/t27-,29-,30+,31+,32+,33+,34+,35+,36+,37+,40-,41-,42-,43+/m1/s1. The van der Waals surface area contributed by atoms with Gasteiger partial charge in [-0.25, -0.2) is 0 Å². The fourth-order valence-electron chi connectivity index (χ4n) is 15.0. The van der Waals surface area contributed by atoms with Crippen LogP contribution in [0.5, 0.6) is 0 Å². The van der Waals surface area contributed by atoms with Crippen LogP contribution in [0.4, 0.5) is 0 Å². The Bertz CT molecular complexity index is 1300. The minimum absolute atomic E-state index is 0.00319. The Hall–Kier alpha value is -0.513. The number of hydrogen-bond acceptors (Lipinski definition) is 7. The molecular weight excluding hydrogens is 657 g/mol. The van der Waals surface area contributed by atoms with E-state index in [2.05, 4.69) is 55.4 Å². The summed E-state index contributed by atoms with van der Waals surface area (Å²) >= 11 is 0. The van der Waals surface area contributed by atoms with E-state index in [4.69, 9.17) is 23.4 Å². The van der Waals surface area contributed by atoms with Crippen molar-refractivity contribution in [2.45, 2.75) is 207 Å². The SMILES string of the molecule is CC[Si](CC)(CC)O[C@H]1[C@H]2O[C@@H]([C@H](OC(C)=O)C(C)(C)O)C[C@@H](C)[C@@H]2[C@@]2(C)CC[C@@]34C[C@@]35CC[C@H](O[C@H]3CCCCO3)C(C)(C)[C@@H]5CC[C@H]4[C@]12C. The molecule has 0 unspecified atom stereocenters. The first-order valence-electron chi connectivity index (χ1n) is 21.4. The average molecular weight is 731 g/mol. The predicted molar refractivity (Wildman–Crippen MR) is 202 cm³/mol. The van der Waals surface area contributed by atoms with Gasteiger partial charge in [0.1, 0.15) is 0 Å². The van der Waals surface area contributed by atoms with Gasteiger partial charge >= 0.3 is 5.97 Å². The summed E-state index contributed by atoms with van der Waals surface area (Å²) in [4.78, 5) is 12.4. The predicted octanol–water partition coefficient (Wildman–Crippen LogP) is 9.44. The van der Waals surface area contributed by atoms with Crippen LogP contribution in [-0.4, -0.2) is 68.4 Å². The number of carbonyl (C=O) groups is 1. The van der Waals surface area contributed by atoms with Crippen LogP contribution in [0, 0.1) is 50.7 Å². The molecular formula is C43H74O7Si. The second kappa shape index (κ2) is 13.0. The summed E-state index contributed by atoms with van der Waals surface area (Å²) in [6.07, 6.45) is 12.1. The minimum Gasteiger partial charge on any atom is -0.457 e. The summed E-state index contributed by atoms with van der Waals surface area (Å²) in [6, 6.07) is 3.34. The lowest BCUT2D eigenvalue weighted by Crippen LogP contribution is -2.61. The van der Waals surface area contributed by atoms with Crippen LogP contribution in [0.3, 0.4) is 0 Å². The quantitative estimate of drug-likeness (QED) is 0.136. The molecule has 7 aliphatic rings. The van der Waals surface area contributed by atoms with Crippen molar-refractivity contribution >= 4 is 14.3 Å². The Balaban J connectivity index is 1.25. The van der Waals surface area contributed by atoms with Gasteiger partial charge < -0.3 is 28.5 Å². The lowest BCUT2D eigenvalue weighted by atomic mass is 9.41. The largest absolute Gasteiger partial charge is 0.457 e. The molecule has 0 aromatic rings. The number of fused-ring (bicyclic) bond motifs is 4. The van der Waals surface area contributed by atoms with E-state index in [9.17, 15) is 9.90 Å². The maximum absolute atomic E-state index is 12.4. The molecule has 2 heterocycles. The zero-order valence-electron chi connectivity index (χ0n) is 34.3. The molecule has 0 amide bonds. The summed E-state index contributed by atoms with van der Waals surface area (Å²) in [5, 5.41) is 11.3. The van der Waals surface area contributed by atoms with Gasteiger partial charge in [0, 0.05) is 18.9 Å². The molecule has 0 bridgehead atoms. The first-order chi connectivity index (χ1) is 23.9. The summed E-state index contributed by atoms with van der Waals surface area (Å²) in [5.74, 6) is 1.62. The van der Waals surface area contributed by atoms with Crippen LogP contribution in [0.2, 0.25) is 18.1 Å². The Morgan fingerprint density at radius 3 is 2.22 bits per heavy atom. The van der Waals surface area contributed by atoms with Gasteiger partial charge in [0.15, 0.2) is 20.7 Å². The molecule has 5 saturated carbocycles. The molecule has 2 saturated heterocycles. The molecule has 2 spiro atoms. The van der Waals surface area contributed by atoms with Gasteiger partial charge in [-0.3, -0.25) is 4.79 Å². The van der Waals surface area contributed by atoms with Crippen LogP contribution in [0.1, 0.15) is 147 Å². The first kappa shape index (κ1) is 38.7. The smallest absolute Gasteiger partial charge is 0.303 e. The number of aliphatic hydroxyl groups is 1. The molecule has 2 aliphatic heterocycles. The van der Waals surface area contributed by atoms with E-state index >= 15 is 0 Å². The summed E-state index contributed by atoms with van der Waals surface area (Å²) in [6.45, 7) is 25.6. The van der Waals surface area contributed by atoms with Gasteiger partial charge in [-0.05, 0) is 148 Å². The van der Waals surface area contributed by atoms with E-state index in [0.29, 0.717) is 34.5 Å². The van der Waals surface area contributed by atoms with Crippen molar-refractivity contribution in [3.63, 3.8) is 0 Å². The van der Waals surface area contributed by atoms with Gasteiger partial charge in [-0.15, -0.1) is 0 Å². The van der Waals surface area contributed by atoms with E-state index in [0.717, 1.165) is 50.4 Å². The van der Waals surface area contributed by atoms with Gasteiger partial charge in [-0.2, -0.15) is 0 Å². The Kier molecular flexibility index (Phi) is 9.90. The highest BCUT2D eigenvalue weighted by Crippen LogP contribution is 2.89. The van der Waals surface area contributed by atoms with Crippen LogP contribution < -0.4 is 0 Å². The second-order valence-electron chi connectivity index (χ2n) is 20.5. The topological polar surface area (TPSA) is 83.5 Å². The molecule has 7 fully saturated rings. The normalized spacial score (nSPS) is 48.0. The van der Waals surface area contributed by atoms with Crippen LogP contribution in [0.25, 0.3) is 0 Å². The molecule has 292 valence electrons. The van der Waals surface area contributed by atoms with E-state index in [1.165, 1.54) is 51.9 Å². The Morgan fingerprint density at radius 2 is 1.61 bits per heavy atom. The molecule has 5 aliphatic carbocycles.